The molecule has 2 heterocycles. The van der Waals surface area contributed by atoms with Gasteiger partial charge in [-0.15, -0.1) is 0 Å². The fourth-order valence-corrected chi connectivity index (χ4v) is 4.42. The van der Waals surface area contributed by atoms with E-state index in [0.717, 1.165) is 11.3 Å². The van der Waals surface area contributed by atoms with Crippen LogP contribution >= 0.6 is 11.8 Å². The van der Waals surface area contributed by atoms with Gasteiger partial charge in [-0.05, 0) is 60.7 Å². The predicted molar refractivity (Wildman–Crippen MR) is 130 cm³/mol. The van der Waals surface area contributed by atoms with Crippen LogP contribution in [0.2, 0.25) is 0 Å². The van der Waals surface area contributed by atoms with Crippen molar-refractivity contribution in [2.45, 2.75) is 10.9 Å². The minimum atomic E-state index is -0.172. The van der Waals surface area contributed by atoms with Gasteiger partial charge in [-0.3, -0.25) is 9.36 Å². The summed E-state index contributed by atoms with van der Waals surface area (Å²) in [4.78, 5) is 18.1. The molecule has 5 rings (SSSR count). The Morgan fingerprint density at radius 2 is 1.82 bits per heavy atom. The number of para-hydroxylation sites is 1. The molecule has 34 heavy (non-hydrogen) atoms. The molecule has 0 N–H and O–H groups in total. The number of benzene rings is 3. The number of hydrogen-bond donors (Lipinski definition) is 0. The average molecular weight is 467 g/mol. The van der Waals surface area contributed by atoms with Gasteiger partial charge in [-0.2, -0.15) is 5.26 Å². The van der Waals surface area contributed by atoms with E-state index in [1.54, 1.807) is 42.0 Å². The van der Waals surface area contributed by atoms with Gasteiger partial charge in [0.05, 0.1) is 41.1 Å². The molecule has 0 radical (unpaired) electrons. The summed E-state index contributed by atoms with van der Waals surface area (Å²) in [6.45, 7) is 0. The van der Waals surface area contributed by atoms with Crippen molar-refractivity contribution < 1.29 is 9.26 Å². The summed E-state index contributed by atoms with van der Waals surface area (Å²) in [6, 6.07) is 25.7. The molecule has 8 heteroatoms. The summed E-state index contributed by atoms with van der Waals surface area (Å²) >= 11 is 1.38. The summed E-state index contributed by atoms with van der Waals surface area (Å²) in [6.07, 6.45) is 0. The van der Waals surface area contributed by atoms with E-state index in [1.165, 1.54) is 11.8 Å². The van der Waals surface area contributed by atoms with Gasteiger partial charge >= 0.3 is 0 Å². The lowest BCUT2D eigenvalue weighted by Gasteiger charge is -2.12. The summed E-state index contributed by atoms with van der Waals surface area (Å²) < 4.78 is 12.3. The van der Waals surface area contributed by atoms with Crippen LogP contribution in [0.25, 0.3) is 27.8 Å². The van der Waals surface area contributed by atoms with Crippen LogP contribution in [0.4, 0.5) is 0 Å². The lowest BCUT2D eigenvalue weighted by molar-refractivity contribution is 0.397. The lowest BCUT2D eigenvalue weighted by Crippen LogP contribution is -2.21. The van der Waals surface area contributed by atoms with Crippen LogP contribution < -0.4 is 10.3 Å². The maximum atomic E-state index is 13.4. The minimum Gasteiger partial charge on any atom is -0.497 e. The molecule has 0 bridgehead atoms. The molecule has 166 valence electrons. The molecular formula is C26H18N4O3S. The number of thioether (sulfide) groups is 1. The second kappa shape index (κ2) is 9.25. The first-order valence-electron chi connectivity index (χ1n) is 10.4. The lowest BCUT2D eigenvalue weighted by atomic mass is 10.1. The van der Waals surface area contributed by atoms with Crippen molar-refractivity contribution in [1.29, 1.82) is 5.26 Å². The molecular weight excluding hydrogens is 448 g/mol. The largest absolute Gasteiger partial charge is 0.497 e. The van der Waals surface area contributed by atoms with Crippen LogP contribution in [0.15, 0.2) is 93.3 Å². The van der Waals surface area contributed by atoms with Crippen molar-refractivity contribution in [2.75, 3.05) is 7.11 Å². The van der Waals surface area contributed by atoms with Gasteiger partial charge in [-0.1, -0.05) is 29.1 Å². The van der Waals surface area contributed by atoms with Crippen LogP contribution in [-0.4, -0.2) is 21.8 Å². The highest BCUT2D eigenvalue weighted by Crippen LogP contribution is 2.28. The monoisotopic (exact) mass is 466 g/mol. The standard InChI is InChI=1S/C26H18N4O3S/c1-32-20-12-8-18(9-13-20)24-14-21(33-29-24)16-34-26-28-23-5-3-2-4-22(23)25(31)30(26)19-10-6-17(15-27)7-11-19/h2-14H,16H2,1H3. The van der Waals surface area contributed by atoms with Crippen LogP contribution in [-0.2, 0) is 5.75 Å². The molecule has 0 unspecified atom stereocenters. The molecule has 0 amide bonds. The second-order valence-electron chi connectivity index (χ2n) is 7.41. The SMILES string of the molecule is COc1ccc(-c2cc(CSc3nc4ccccc4c(=O)n3-c3ccc(C#N)cc3)on2)cc1. The van der Waals surface area contributed by atoms with Crippen LogP contribution in [0.3, 0.4) is 0 Å². The first kappa shape index (κ1) is 21.5. The quantitative estimate of drug-likeness (QED) is 0.250. The molecule has 3 aromatic carbocycles. The average Bonchev–Trinajstić information content (AvgIpc) is 3.37. The number of aromatic nitrogens is 3. The highest BCUT2D eigenvalue weighted by atomic mass is 32.2. The third kappa shape index (κ3) is 4.17. The number of hydrogen-bond acceptors (Lipinski definition) is 7. The van der Waals surface area contributed by atoms with E-state index in [-0.39, 0.29) is 5.56 Å². The van der Waals surface area contributed by atoms with E-state index in [1.807, 2.05) is 48.5 Å². The molecule has 0 atom stereocenters. The Morgan fingerprint density at radius 1 is 1.06 bits per heavy atom. The van der Waals surface area contributed by atoms with Crippen LogP contribution in [0.1, 0.15) is 11.3 Å². The molecule has 7 nitrogen and oxygen atoms in total. The number of methoxy groups -OCH3 is 1. The van der Waals surface area contributed by atoms with Crippen molar-refractivity contribution in [3.63, 3.8) is 0 Å². The van der Waals surface area contributed by atoms with Gasteiger partial charge in [0.1, 0.15) is 17.2 Å². The van der Waals surface area contributed by atoms with Crippen molar-refractivity contribution in [2.24, 2.45) is 0 Å². The van der Waals surface area contributed by atoms with Crippen molar-refractivity contribution in [3.05, 3.63) is 101 Å². The van der Waals surface area contributed by atoms with E-state index in [2.05, 4.69) is 11.2 Å². The smallest absolute Gasteiger partial charge is 0.266 e. The summed E-state index contributed by atoms with van der Waals surface area (Å²) in [5, 5.41) is 14.3. The zero-order valence-corrected chi connectivity index (χ0v) is 19.0. The van der Waals surface area contributed by atoms with Crippen LogP contribution in [0, 0.1) is 11.3 Å². The molecule has 0 aliphatic rings. The van der Waals surface area contributed by atoms with Gasteiger partial charge in [0.15, 0.2) is 5.16 Å². The van der Waals surface area contributed by atoms with E-state index in [0.29, 0.717) is 44.5 Å². The Hall–Kier alpha value is -4.35. The Morgan fingerprint density at radius 3 is 2.56 bits per heavy atom. The first-order chi connectivity index (χ1) is 16.7. The first-order valence-corrected chi connectivity index (χ1v) is 11.4. The Kier molecular flexibility index (Phi) is 5.85. The highest BCUT2D eigenvalue weighted by Gasteiger charge is 2.15. The number of nitrogens with zero attached hydrogens (tertiary/aromatic N) is 4. The Bertz CT molecular complexity index is 1570. The normalized spacial score (nSPS) is 10.8. The molecule has 0 saturated carbocycles. The van der Waals surface area contributed by atoms with E-state index in [4.69, 9.17) is 19.5 Å². The fourth-order valence-electron chi connectivity index (χ4n) is 3.54. The van der Waals surface area contributed by atoms with E-state index >= 15 is 0 Å². The number of nitriles is 1. The van der Waals surface area contributed by atoms with E-state index < -0.39 is 0 Å². The number of rotatable bonds is 6. The third-order valence-electron chi connectivity index (χ3n) is 5.29. The van der Waals surface area contributed by atoms with Gasteiger partial charge in [0, 0.05) is 11.6 Å². The molecule has 0 aliphatic heterocycles. The second-order valence-corrected chi connectivity index (χ2v) is 8.35. The molecule has 0 spiro atoms. The van der Waals surface area contributed by atoms with Crippen molar-refractivity contribution >= 4 is 22.7 Å². The molecule has 0 aliphatic carbocycles. The minimum absolute atomic E-state index is 0.172. The molecule has 0 saturated heterocycles. The molecule has 0 fully saturated rings. The van der Waals surface area contributed by atoms with Crippen molar-refractivity contribution in [3.8, 4) is 28.8 Å². The summed E-state index contributed by atoms with van der Waals surface area (Å²) in [7, 11) is 1.62. The number of ether oxygens (including phenoxy) is 1. The van der Waals surface area contributed by atoms with Crippen LogP contribution in [0.5, 0.6) is 5.75 Å². The maximum Gasteiger partial charge on any atom is 0.266 e. The fraction of sp³-hybridized carbons (Fsp3) is 0.0769. The maximum absolute atomic E-state index is 13.4. The molecule has 5 aromatic rings. The molecule has 2 aromatic heterocycles. The Balaban J connectivity index is 1.48. The topological polar surface area (TPSA) is 93.9 Å². The van der Waals surface area contributed by atoms with Gasteiger partial charge in [0.2, 0.25) is 0 Å². The third-order valence-corrected chi connectivity index (χ3v) is 6.25. The van der Waals surface area contributed by atoms with Gasteiger partial charge in [-0.25, -0.2) is 4.98 Å². The zero-order chi connectivity index (χ0) is 23.5. The van der Waals surface area contributed by atoms with E-state index in [9.17, 15) is 4.79 Å². The highest BCUT2D eigenvalue weighted by molar-refractivity contribution is 7.98. The van der Waals surface area contributed by atoms with Gasteiger partial charge in [0.25, 0.3) is 5.56 Å². The van der Waals surface area contributed by atoms with Gasteiger partial charge < -0.3 is 9.26 Å². The summed E-state index contributed by atoms with van der Waals surface area (Å²) in [5.74, 6) is 1.86. The van der Waals surface area contributed by atoms with Crippen molar-refractivity contribution in [1.82, 2.24) is 14.7 Å². The predicted octanol–water partition coefficient (Wildman–Crippen LogP) is 5.21. The zero-order valence-electron chi connectivity index (χ0n) is 18.1. The summed E-state index contributed by atoms with van der Waals surface area (Å²) in [5.41, 5.74) is 3.24. The number of fused-ring (bicyclic) bond motifs is 1. The Labute approximate surface area is 199 Å².